The second-order valence-electron chi connectivity index (χ2n) is 7.66. The van der Waals surface area contributed by atoms with Gasteiger partial charge in [0.2, 0.25) is 0 Å². The Hall–Kier alpha value is -3.51. The predicted octanol–water partition coefficient (Wildman–Crippen LogP) is 4.64. The van der Waals surface area contributed by atoms with Gasteiger partial charge in [-0.2, -0.15) is 0 Å². The summed E-state index contributed by atoms with van der Waals surface area (Å²) in [5, 5.41) is 3.00. The summed E-state index contributed by atoms with van der Waals surface area (Å²) in [5.74, 6) is 1.92. The Morgan fingerprint density at radius 3 is 2.16 bits per heavy atom. The molecule has 0 bridgehead atoms. The molecule has 0 aliphatic carbocycles. The van der Waals surface area contributed by atoms with Crippen molar-refractivity contribution in [3.63, 3.8) is 0 Å². The Kier molecular flexibility index (Phi) is 7.25. The fourth-order valence-electron chi connectivity index (χ4n) is 3.72. The Balaban J connectivity index is 1.30. The Bertz CT molecular complexity index is 1000. The van der Waals surface area contributed by atoms with E-state index in [0.29, 0.717) is 11.5 Å². The third-order valence-electron chi connectivity index (χ3n) is 5.51. The van der Waals surface area contributed by atoms with Crippen LogP contribution in [0.25, 0.3) is 0 Å². The minimum atomic E-state index is -0.186. The summed E-state index contributed by atoms with van der Waals surface area (Å²) in [7, 11) is 0. The average molecular weight is 432 g/mol. The fraction of sp³-hybridized carbons (Fsp3) is 0.269. The molecular weight excluding hydrogens is 402 g/mol. The zero-order valence-corrected chi connectivity index (χ0v) is 18.4. The van der Waals surface area contributed by atoms with E-state index >= 15 is 0 Å². The van der Waals surface area contributed by atoms with E-state index in [1.807, 2.05) is 60.7 Å². The lowest BCUT2D eigenvalue weighted by Gasteiger charge is -2.36. The van der Waals surface area contributed by atoms with Crippen LogP contribution in [0.5, 0.6) is 17.2 Å². The second kappa shape index (κ2) is 10.7. The lowest BCUT2D eigenvalue weighted by Crippen LogP contribution is -2.46. The number of likely N-dealkylation sites (N-methyl/N-ethyl adjacent to an activating group) is 1. The van der Waals surface area contributed by atoms with E-state index in [4.69, 9.17) is 9.47 Å². The molecule has 3 aromatic rings. The molecule has 1 saturated heterocycles. The molecule has 0 unspecified atom stereocenters. The number of nitrogens with one attached hydrogen (secondary N) is 1. The van der Waals surface area contributed by atoms with E-state index in [-0.39, 0.29) is 12.5 Å². The highest BCUT2D eigenvalue weighted by molar-refractivity contribution is 5.95. The maximum atomic E-state index is 12.5. The van der Waals surface area contributed by atoms with E-state index in [9.17, 15) is 4.79 Å². The molecule has 1 aliphatic heterocycles. The smallest absolute Gasteiger partial charge is 0.262 e. The molecule has 6 heteroatoms. The zero-order chi connectivity index (χ0) is 22.2. The number of para-hydroxylation sites is 3. The van der Waals surface area contributed by atoms with Crippen molar-refractivity contribution in [1.82, 2.24) is 4.90 Å². The number of benzene rings is 3. The number of carbonyl (C=O) groups excluding carboxylic acids is 1. The lowest BCUT2D eigenvalue weighted by atomic mass is 10.2. The van der Waals surface area contributed by atoms with E-state index in [0.717, 1.165) is 49.8 Å². The molecule has 1 amide bonds. The first-order valence-corrected chi connectivity index (χ1v) is 11.0. The quantitative estimate of drug-likeness (QED) is 0.563. The van der Waals surface area contributed by atoms with Gasteiger partial charge in [-0.05, 0) is 55.1 Å². The Labute approximate surface area is 189 Å². The van der Waals surface area contributed by atoms with Crippen molar-refractivity contribution >= 4 is 17.3 Å². The minimum absolute atomic E-state index is 0.0587. The maximum absolute atomic E-state index is 12.5. The van der Waals surface area contributed by atoms with Gasteiger partial charge in [0, 0.05) is 26.2 Å². The van der Waals surface area contributed by atoms with Crippen molar-refractivity contribution < 1.29 is 14.3 Å². The molecule has 32 heavy (non-hydrogen) atoms. The molecule has 0 spiro atoms. The first kappa shape index (κ1) is 21.7. The van der Waals surface area contributed by atoms with Crippen molar-refractivity contribution in [2.45, 2.75) is 6.92 Å². The number of ether oxygens (including phenoxy) is 2. The summed E-state index contributed by atoms with van der Waals surface area (Å²) in [6.45, 7) is 7.18. The van der Waals surface area contributed by atoms with Crippen LogP contribution >= 0.6 is 0 Å². The summed E-state index contributed by atoms with van der Waals surface area (Å²) in [6.07, 6.45) is 0. The zero-order valence-electron chi connectivity index (χ0n) is 18.4. The van der Waals surface area contributed by atoms with Gasteiger partial charge >= 0.3 is 0 Å². The van der Waals surface area contributed by atoms with Gasteiger partial charge in [0.15, 0.2) is 6.61 Å². The normalized spacial score (nSPS) is 14.1. The monoisotopic (exact) mass is 431 g/mol. The van der Waals surface area contributed by atoms with E-state index in [2.05, 4.69) is 28.1 Å². The van der Waals surface area contributed by atoms with Crippen LogP contribution in [0.1, 0.15) is 6.92 Å². The van der Waals surface area contributed by atoms with Crippen LogP contribution < -0.4 is 19.7 Å². The number of hydrogen-bond donors (Lipinski definition) is 1. The summed E-state index contributed by atoms with van der Waals surface area (Å²) in [5.41, 5.74) is 1.87. The molecule has 0 atom stereocenters. The summed E-state index contributed by atoms with van der Waals surface area (Å²) >= 11 is 0. The van der Waals surface area contributed by atoms with Gasteiger partial charge in [-0.25, -0.2) is 0 Å². The summed E-state index contributed by atoms with van der Waals surface area (Å²) in [6, 6.07) is 24.8. The van der Waals surface area contributed by atoms with Crippen molar-refractivity contribution in [1.29, 1.82) is 0 Å². The van der Waals surface area contributed by atoms with Crippen LogP contribution in [0.3, 0.4) is 0 Å². The van der Waals surface area contributed by atoms with Crippen LogP contribution in [0.4, 0.5) is 11.4 Å². The van der Waals surface area contributed by atoms with Gasteiger partial charge in [-0.1, -0.05) is 37.3 Å². The third-order valence-corrected chi connectivity index (χ3v) is 5.51. The minimum Gasteiger partial charge on any atom is -0.484 e. The molecule has 1 N–H and O–H groups in total. The molecule has 6 nitrogen and oxygen atoms in total. The van der Waals surface area contributed by atoms with Crippen molar-refractivity contribution in [2.24, 2.45) is 0 Å². The number of amides is 1. The highest BCUT2D eigenvalue weighted by Crippen LogP contribution is 2.27. The lowest BCUT2D eigenvalue weighted by molar-refractivity contribution is -0.118. The molecule has 166 valence electrons. The SMILES string of the molecule is CCN1CCN(c2ccccc2NC(=O)COc2ccc(Oc3ccccc3)cc2)CC1. The first-order valence-electron chi connectivity index (χ1n) is 11.0. The van der Waals surface area contributed by atoms with Crippen LogP contribution in [0, 0.1) is 0 Å². The van der Waals surface area contributed by atoms with Crippen molar-refractivity contribution in [2.75, 3.05) is 49.5 Å². The van der Waals surface area contributed by atoms with E-state index < -0.39 is 0 Å². The topological polar surface area (TPSA) is 54.0 Å². The average Bonchev–Trinajstić information content (AvgIpc) is 2.85. The van der Waals surface area contributed by atoms with E-state index in [1.54, 1.807) is 12.1 Å². The predicted molar refractivity (Wildman–Crippen MR) is 128 cm³/mol. The largest absolute Gasteiger partial charge is 0.484 e. The van der Waals surface area contributed by atoms with Gasteiger partial charge < -0.3 is 24.6 Å². The molecule has 1 heterocycles. The molecule has 1 aliphatic rings. The number of anilines is 2. The summed E-state index contributed by atoms with van der Waals surface area (Å²) in [4.78, 5) is 17.3. The molecule has 3 aromatic carbocycles. The second-order valence-corrected chi connectivity index (χ2v) is 7.66. The highest BCUT2D eigenvalue weighted by Gasteiger charge is 2.18. The van der Waals surface area contributed by atoms with Crippen LogP contribution in [-0.4, -0.2) is 50.1 Å². The maximum Gasteiger partial charge on any atom is 0.262 e. The standard InChI is InChI=1S/C26H29N3O3/c1-2-28-16-18-29(19-17-28)25-11-7-6-10-24(25)27-26(30)20-31-21-12-14-23(15-13-21)32-22-8-4-3-5-9-22/h3-15H,2,16-20H2,1H3,(H,27,30). The van der Waals surface area contributed by atoms with Gasteiger partial charge in [0.25, 0.3) is 5.91 Å². The Morgan fingerprint density at radius 2 is 1.44 bits per heavy atom. The summed E-state index contributed by atoms with van der Waals surface area (Å²) < 4.78 is 11.5. The first-order chi connectivity index (χ1) is 15.7. The number of nitrogens with zero attached hydrogens (tertiary/aromatic N) is 2. The fourth-order valence-corrected chi connectivity index (χ4v) is 3.72. The van der Waals surface area contributed by atoms with Gasteiger partial charge in [0.05, 0.1) is 11.4 Å². The Morgan fingerprint density at radius 1 is 0.812 bits per heavy atom. The van der Waals surface area contributed by atoms with Crippen molar-refractivity contribution in [3.8, 4) is 17.2 Å². The highest BCUT2D eigenvalue weighted by atomic mass is 16.5. The van der Waals surface area contributed by atoms with Gasteiger partial charge in [-0.15, -0.1) is 0 Å². The molecule has 0 aromatic heterocycles. The number of rotatable bonds is 8. The number of piperazine rings is 1. The van der Waals surface area contributed by atoms with Crippen LogP contribution in [0.15, 0.2) is 78.9 Å². The molecule has 0 saturated carbocycles. The van der Waals surface area contributed by atoms with Gasteiger partial charge in [-0.3, -0.25) is 4.79 Å². The van der Waals surface area contributed by atoms with E-state index in [1.165, 1.54) is 0 Å². The van der Waals surface area contributed by atoms with Crippen LogP contribution in [0.2, 0.25) is 0 Å². The molecule has 4 rings (SSSR count). The molecule has 1 fully saturated rings. The number of hydrogen-bond acceptors (Lipinski definition) is 5. The number of carbonyl (C=O) groups is 1. The van der Waals surface area contributed by atoms with Crippen molar-refractivity contribution in [3.05, 3.63) is 78.9 Å². The van der Waals surface area contributed by atoms with Gasteiger partial charge in [0.1, 0.15) is 17.2 Å². The molecule has 0 radical (unpaired) electrons. The molecular formula is C26H29N3O3. The third kappa shape index (κ3) is 5.80. The van der Waals surface area contributed by atoms with Crippen LogP contribution in [-0.2, 0) is 4.79 Å².